The summed E-state index contributed by atoms with van der Waals surface area (Å²) in [6.45, 7) is 7.04. The van der Waals surface area contributed by atoms with E-state index in [1.807, 2.05) is 19.1 Å². The highest BCUT2D eigenvalue weighted by Gasteiger charge is 2.32. The van der Waals surface area contributed by atoms with Crippen molar-refractivity contribution in [3.63, 3.8) is 0 Å². The average Bonchev–Trinajstić information content (AvgIpc) is 2.63. The maximum Gasteiger partial charge on any atom is 0.257 e. The Morgan fingerprint density at radius 2 is 1.68 bits per heavy atom. The van der Waals surface area contributed by atoms with Gasteiger partial charge in [0.15, 0.2) is 0 Å². The van der Waals surface area contributed by atoms with Crippen molar-refractivity contribution in [2.24, 2.45) is 11.8 Å². The first kappa shape index (κ1) is 20.8. The number of amides is 1. The van der Waals surface area contributed by atoms with Gasteiger partial charge in [-0.15, -0.1) is 0 Å². The summed E-state index contributed by atoms with van der Waals surface area (Å²) in [6, 6.07) is 11.6. The van der Waals surface area contributed by atoms with Gasteiger partial charge in [0.25, 0.3) is 5.91 Å². The van der Waals surface area contributed by atoms with Crippen LogP contribution in [0.2, 0.25) is 5.02 Å². The summed E-state index contributed by atoms with van der Waals surface area (Å²) >= 11 is 6.20. The zero-order chi connectivity index (χ0) is 20.5. The number of rotatable bonds is 4. The van der Waals surface area contributed by atoms with Crippen LogP contribution in [0, 0.1) is 18.8 Å². The molecule has 1 saturated heterocycles. The van der Waals surface area contributed by atoms with Crippen molar-refractivity contribution in [1.82, 2.24) is 4.31 Å². The second-order valence-electron chi connectivity index (χ2n) is 7.73. The van der Waals surface area contributed by atoms with Crippen molar-refractivity contribution in [3.8, 4) is 0 Å². The predicted molar refractivity (Wildman–Crippen MR) is 112 cm³/mol. The van der Waals surface area contributed by atoms with E-state index in [-0.39, 0.29) is 15.5 Å². The van der Waals surface area contributed by atoms with Gasteiger partial charge < -0.3 is 5.32 Å². The molecule has 2 aromatic rings. The molecule has 28 heavy (non-hydrogen) atoms. The number of hydrogen-bond acceptors (Lipinski definition) is 3. The topological polar surface area (TPSA) is 66.5 Å². The highest BCUT2D eigenvalue weighted by molar-refractivity contribution is 7.89. The van der Waals surface area contributed by atoms with Crippen LogP contribution in [-0.2, 0) is 10.0 Å². The summed E-state index contributed by atoms with van der Waals surface area (Å²) in [4.78, 5) is 12.8. The molecule has 0 aromatic heterocycles. The van der Waals surface area contributed by atoms with Gasteiger partial charge in [0, 0.05) is 18.8 Å². The highest BCUT2D eigenvalue weighted by Crippen LogP contribution is 2.29. The fourth-order valence-corrected chi connectivity index (χ4v) is 5.54. The van der Waals surface area contributed by atoms with Crippen LogP contribution in [0.4, 0.5) is 5.69 Å². The molecule has 1 fully saturated rings. The molecule has 150 valence electrons. The number of hydrogen-bond donors (Lipinski definition) is 1. The molecule has 5 nitrogen and oxygen atoms in total. The number of nitrogens with one attached hydrogen (secondary N) is 1. The second-order valence-corrected chi connectivity index (χ2v) is 10.1. The van der Waals surface area contributed by atoms with E-state index in [1.54, 1.807) is 12.1 Å². The third-order valence-electron chi connectivity index (χ3n) is 4.97. The maximum atomic E-state index is 13.1. The lowest BCUT2D eigenvalue weighted by molar-refractivity contribution is 0.102. The van der Waals surface area contributed by atoms with Gasteiger partial charge in [-0.25, -0.2) is 8.42 Å². The van der Waals surface area contributed by atoms with E-state index in [0.29, 0.717) is 30.6 Å². The van der Waals surface area contributed by atoms with Crippen molar-refractivity contribution in [2.75, 3.05) is 18.4 Å². The van der Waals surface area contributed by atoms with Crippen molar-refractivity contribution >= 4 is 33.2 Å². The number of carbonyl (C=O) groups excluding carboxylic acids is 1. The molecule has 1 heterocycles. The quantitative estimate of drug-likeness (QED) is 0.787. The molecule has 2 aromatic carbocycles. The van der Waals surface area contributed by atoms with Crippen LogP contribution in [0.1, 0.15) is 36.2 Å². The Hall–Kier alpha value is -1.89. The summed E-state index contributed by atoms with van der Waals surface area (Å²) in [5.41, 5.74) is 1.84. The van der Waals surface area contributed by atoms with Crippen molar-refractivity contribution in [3.05, 3.63) is 58.6 Å². The van der Waals surface area contributed by atoms with E-state index >= 15 is 0 Å². The number of piperidine rings is 1. The summed E-state index contributed by atoms with van der Waals surface area (Å²) in [5.74, 6) is 0.163. The van der Waals surface area contributed by atoms with E-state index in [4.69, 9.17) is 11.6 Å². The first-order chi connectivity index (χ1) is 13.2. The van der Waals surface area contributed by atoms with Gasteiger partial charge in [0.1, 0.15) is 0 Å². The standard InChI is InChI=1S/C21H25ClN2O3S/c1-14-4-6-17(7-5-14)23-21(25)19-11-18(8-9-20(19)22)28(26,27)24-12-15(2)10-16(3)13-24/h4-9,11,15-16H,10,12-13H2,1-3H3,(H,23,25)/t15-,16-/m0/s1. The average molecular weight is 421 g/mol. The number of halogens is 1. The zero-order valence-corrected chi connectivity index (χ0v) is 17.8. The Labute approximate surface area is 171 Å². The largest absolute Gasteiger partial charge is 0.322 e. The minimum atomic E-state index is -3.68. The van der Waals surface area contributed by atoms with Crippen molar-refractivity contribution in [1.29, 1.82) is 0 Å². The van der Waals surface area contributed by atoms with E-state index < -0.39 is 15.9 Å². The number of sulfonamides is 1. The molecular weight excluding hydrogens is 396 g/mol. The van der Waals surface area contributed by atoms with E-state index in [0.717, 1.165) is 12.0 Å². The lowest BCUT2D eigenvalue weighted by Gasteiger charge is -2.34. The van der Waals surface area contributed by atoms with Gasteiger partial charge in [-0.3, -0.25) is 4.79 Å². The molecule has 1 aliphatic rings. The van der Waals surface area contributed by atoms with Crippen molar-refractivity contribution < 1.29 is 13.2 Å². The molecule has 1 N–H and O–H groups in total. The van der Waals surface area contributed by atoms with Crippen LogP contribution in [-0.4, -0.2) is 31.7 Å². The maximum absolute atomic E-state index is 13.1. The van der Waals surface area contributed by atoms with Gasteiger partial charge in [0.2, 0.25) is 10.0 Å². The Kier molecular flexibility index (Phi) is 6.12. The SMILES string of the molecule is Cc1ccc(NC(=O)c2cc(S(=O)(=O)N3C[C@@H](C)C[C@H](C)C3)ccc2Cl)cc1. The van der Waals surface area contributed by atoms with Crippen LogP contribution in [0.5, 0.6) is 0 Å². The molecular formula is C21H25ClN2O3S. The van der Waals surface area contributed by atoms with E-state index in [9.17, 15) is 13.2 Å². The molecule has 1 aliphatic heterocycles. The van der Waals surface area contributed by atoms with Crippen LogP contribution in [0.15, 0.2) is 47.4 Å². The fraction of sp³-hybridized carbons (Fsp3) is 0.381. The Morgan fingerprint density at radius 1 is 1.07 bits per heavy atom. The van der Waals surface area contributed by atoms with Gasteiger partial charge in [-0.05, 0) is 55.5 Å². The highest BCUT2D eigenvalue weighted by atomic mass is 35.5. The zero-order valence-electron chi connectivity index (χ0n) is 16.3. The monoisotopic (exact) mass is 420 g/mol. The van der Waals surface area contributed by atoms with E-state index in [2.05, 4.69) is 19.2 Å². The molecule has 0 unspecified atom stereocenters. The van der Waals surface area contributed by atoms with Crippen LogP contribution < -0.4 is 5.32 Å². The van der Waals surface area contributed by atoms with Crippen LogP contribution in [0.25, 0.3) is 0 Å². The van der Waals surface area contributed by atoms with Gasteiger partial charge in [-0.2, -0.15) is 4.31 Å². The fourth-order valence-electron chi connectivity index (χ4n) is 3.63. The minimum absolute atomic E-state index is 0.0901. The molecule has 3 rings (SSSR count). The van der Waals surface area contributed by atoms with Crippen molar-refractivity contribution in [2.45, 2.75) is 32.1 Å². The predicted octanol–water partition coefficient (Wildman–Crippen LogP) is 4.57. The molecule has 2 atom stereocenters. The molecule has 0 saturated carbocycles. The Bertz CT molecular complexity index is 964. The van der Waals surface area contributed by atoms with Gasteiger partial charge >= 0.3 is 0 Å². The molecule has 0 aliphatic carbocycles. The van der Waals surface area contributed by atoms with Crippen LogP contribution in [0.3, 0.4) is 0 Å². The third kappa shape index (κ3) is 4.57. The smallest absolute Gasteiger partial charge is 0.257 e. The van der Waals surface area contributed by atoms with Gasteiger partial charge in [-0.1, -0.05) is 43.1 Å². The summed E-state index contributed by atoms with van der Waals surface area (Å²) < 4.78 is 27.7. The third-order valence-corrected chi connectivity index (χ3v) is 7.12. The number of nitrogens with zero attached hydrogens (tertiary/aromatic N) is 1. The second kappa shape index (κ2) is 8.23. The first-order valence-corrected chi connectivity index (χ1v) is 11.2. The summed E-state index contributed by atoms with van der Waals surface area (Å²) in [7, 11) is -3.68. The molecule has 0 spiro atoms. The lowest BCUT2D eigenvalue weighted by Crippen LogP contribution is -2.42. The Balaban J connectivity index is 1.88. The molecule has 0 radical (unpaired) electrons. The minimum Gasteiger partial charge on any atom is -0.322 e. The molecule has 1 amide bonds. The Morgan fingerprint density at radius 3 is 2.29 bits per heavy atom. The molecule has 7 heteroatoms. The normalized spacial score (nSPS) is 20.7. The van der Waals surface area contributed by atoms with E-state index in [1.165, 1.54) is 22.5 Å². The summed E-state index contributed by atoms with van der Waals surface area (Å²) in [6.07, 6.45) is 1.01. The van der Waals surface area contributed by atoms with Crippen LogP contribution >= 0.6 is 11.6 Å². The number of benzene rings is 2. The number of aryl methyl sites for hydroxylation is 1. The first-order valence-electron chi connectivity index (χ1n) is 9.34. The lowest BCUT2D eigenvalue weighted by atomic mass is 9.94. The number of carbonyl (C=O) groups is 1. The summed E-state index contributed by atoms with van der Waals surface area (Å²) in [5, 5.41) is 2.98. The number of anilines is 1. The molecule has 0 bridgehead atoms. The van der Waals surface area contributed by atoms with Gasteiger partial charge in [0.05, 0.1) is 15.5 Å².